The smallest absolute Gasteiger partial charge is 0.270 e. The van der Waals surface area contributed by atoms with Crippen molar-refractivity contribution in [3.63, 3.8) is 0 Å². The van der Waals surface area contributed by atoms with Crippen molar-refractivity contribution in [2.75, 3.05) is 19.0 Å². The molecule has 2 aromatic carbocycles. The molecule has 0 saturated carbocycles. The molecule has 0 aliphatic rings. The van der Waals surface area contributed by atoms with Gasteiger partial charge in [-0.05, 0) is 43.7 Å². The van der Waals surface area contributed by atoms with Crippen molar-refractivity contribution in [2.45, 2.75) is 24.7 Å². The van der Waals surface area contributed by atoms with Crippen LogP contribution in [0, 0.1) is 6.92 Å². The molecule has 3 rings (SSSR count). The molecule has 0 unspecified atom stereocenters. The number of anilines is 1. The third-order valence-electron chi connectivity index (χ3n) is 4.13. The Balaban J connectivity index is 1.67. The summed E-state index contributed by atoms with van der Waals surface area (Å²) in [7, 11) is -2.38. The Hall–Kier alpha value is -3.02. The van der Waals surface area contributed by atoms with Crippen LogP contribution in [0.2, 0.25) is 0 Å². The molecule has 0 atom stereocenters. The lowest BCUT2D eigenvalue weighted by Gasteiger charge is -2.11. The molecule has 3 aromatic rings. The fourth-order valence-corrected chi connectivity index (χ4v) is 4.62. The van der Waals surface area contributed by atoms with Crippen molar-refractivity contribution >= 4 is 32.4 Å². The quantitative estimate of drug-likeness (QED) is 0.469. The van der Waals surface area contributed by atoms with Gasteiger partial charge in [-0.1, -0.05) is 35.1 Å². The van der Waals surface area contributed by atoms with Crippen LogP contribution in [-0.2, 0) is 16.6 Å². The third-order valence-corrected chi connectivity index (χ3v) is 6.74. The highest BCUT2D eigenvalue weighted by atomic mass is 32.2. The van der Waals surface area contributed by atoms with Gasteiger partial charge in [0, 0.05) is 12.1 Å². The summed E-state index contributed by atoms with van der Waals surface area (Å²) >= 11 is 0.770. The average molecular weight is 463 g/mol. The molecule has 1 heterocycles. The number of hydrogen-bond donors (Lipinski definition) is 2. The number of sulfonamides is 1. The van der Waals surface area contributed by atoms with E-state index in [0.29, 0.717) is 29.2 Å². The van der Waals surface area contributed by atoms with Crippen molar-refractivity contribution in [3.05, 3.63) is 59.2 Å². The number of amides is 1. The summed E-state index contributed by atoms with van der Waals surface area (Å²) in [5.41, 5.74) is 2.07. The SMILES string of the molecule is CCOc1cc(CNS(=O)(=O)c2nnc(NC(=O)c3cccc(C)c3)s2)ccc1OC. The first kappa shape index (κ1) is 22.7. The number of aryl methyl sites for hydroxylation is 1. The Kier molecular flexibility index (Phi) is 7.21. The molecule has 11 heteroatoms. The van der Waals surface area contributed by atoms with Gasteiger partial charge < -0.3 is 9.47 Å². The summed E-state index contributed by atoms with van der Waals surface area (Å²) in [5, 5.41) is 10.1. The van der Waals surface area contributed by atoms with Gasteiger partial charge in [-0.25, -0.2) is 13.1 Å². The monoisotopic (exact) mass is 462 g/mol. The van der Waals surface area contributed by atoms with E-state index >= 15 is 0 Å². The summed E-state index contributed by atoms with van der Waals surface area (Å²) in [4.78, 5) is 12.3. The van der Waals surface area contributed by atoms with Gasteiger partial charge in [-0.2, -0.15) is 0 Å². The number of ether oxygens (including phenoxy) is 2. The molecule has 31 heavy (non-hydrogen) atoms. The van der Waals surface area contributed by atoms with Crippen LogP contribution in [0.25, 0.3) is 0 Å². The van der Waals surface area contributed by atoms with Gasteiger partial charge in [0.1, 0.15) is 0 Å². The number of rotatable bonds is 9. The highest BCUT2D eigenvalue weighted by Crippen LogP contribution is 2.28. The largest absolute Gasteiger partial charge is 0.493 e. The highest BCUT2D eigenvalue weighted by Gasteiger charge is 2.21. The Morgan fingerprint density at radius 3 is 2.65 bits per heavy atom. The number of methoxy groups -OCH3 is 1. The van der Waals surface area contributed by atoms with Gasteiger partial charge in [0.2, 0.25) is 9.47 Å². The molecule has 9 nitrogen and oxygen atoms in total. The van der Waals surface area contributed by atoms with E-state index in [4.69, 9.17) is 9.47 Å². The molecule has 0 bridgehead atoms. The minimum Gasteiger partial charge on any atom is -0.493 e. The van der Waals surface area contributed by atoms with E-state index in [2.05, 4.69) is 20.2 Å². The number of nitrogens with one attached hydrogen (secondary N) is 2. The van der Waals surface area contributed by atoms with Crippen molar-refractivity contribution in [2.24, 2.45) is 0 Å². The van der Waals surface area contributed by atoms with E-state index in [1.54, 1.807) is 36.4 Å². The van der Waals surface area contributed by atoms with E-state index in [1.165, 1.54) is 7.11 Å². The molecule has 0 spiro atoms. The maximum absolute atomic E-state index is 12.6. The first-order valence-electron chi connectivity index (χ1n) is 9.33. The first-order chi connectivity index (χ1) is 14.8. The number of aromatic nitrogens is 2. The summed E-state index contributed by atoms with van der Waals surface area (Å²) < 4.78 is 38.1. The van der Waals surface area contributed by atoms with Crippen LogP contribution in [0.5, 0.6) is 11.5 Å². The van der Waals surface area contributed by atoms with Crippen LogP contribution in [0.1, 0.15) is 28.4 Å². The van der Waals surface area contributed by atoms with Crippen LogP contribution in [-0.4, -0.2) is 38.2 Å². The first-order valence-corrected chi connectivity index (χ1v) is 11.6. The average Bonchev–Trinajstić information content (AvgIpc) is 3.22. The molecule has 0 fully saturated rings. The third kappa shape index (κ3) is 5.78. The van der Waals surface area contributed by atoms with Gasteiger partial charge >= 0.3 is 0 Å². The van der Waals surface area contributed by atoms with Gasteiger partial charge in [0.25, 0.3) is 15.9 Å². The normalized spacial score (nSPS) is 11.2. The Bertz CT molecular complexity index is 1180. The van der Waals surface area contributed by atoms with Gasteiger partial charge in [0.15, 0.2) is 11.5 Å². The number of carbonyl (C=O) groups excluding carboxylic acids is 1. The van der Waals surface area contributed by atoms with E-state index in [0.717, 1.165) is 16.9 Å². The maximum atomic E-state index is 12.6. The van der Waals surface area contributed by atoms with Crippen molar-refractivity contribution in [3.8, 4) is 11.5 Å². The lowest BCUT2D eigenvalue weighted by molar-refractivity contribution is 0.102. The lowest BCUT2D eigenvalue weighted by atomic mass is 10.1. The van der Waals surface area contributed by atoms with E-state index in [-0.39, 0.29) is 16.0 Å². The molecule has 1 amide bonds. The standard InChI is InChI=1S/C20H22N4O5S2/c1-4-29-17-11-14(8-9-16(17)28-3)12-21-31(26,27)20-24-23-19(30-20)22-18(25)15-7-5-6-13(2)10-15/h5-11,21H,4,12H2,1-3H3,(H,22,23,25). The van der Waals surface area contributed by atoms with Crippen molar-refractivity contribution in [1.82, 2.24) is 14.9 Å². The minimum atomic E-state index is -3.91. The Labute approximate surface area is 184 Å². The molecule has 1 aromatic heterocycles. The van der Waals surface area contributed by atoms with Crippen molar-refractivity contribution in [1.29, 1.82) is 0 Å². The van der Waals surface area contributed by atoms with E-state index in [9.17, 15) is 13.2 Å². The second-order valence-corrected chi connectivity index (χ2v) is 9.36. The van der Waals surface area contributed by atoms with Crippen LogP contribution in [0.4, 0.5) is 5.13 Å². The number of nitrogens with zero attached hydrogens (tertiary/aromatic N) is 2. The van der Waals surface area contributed by atoms with E-state index in [1.807, 2.05) is 19.9 Å². The summed E-state index contributed by atoms with van der Waals surface area (Å²) in [6, 6.07) is 12.2. The summed E-state index contributed by atoms with van der Waals surface area (Å²) in [6.45, 7) is 4.20. The molecule has 0 aliphatic carbocycles. The fraction of sp³-hybridized carbons (Fsp3) is 0.250. The topological polar surface area (TPSA) is 120 Å². The number of carbonyl (C=O) groups is 1. The van der Waals surface area contributed by atoms with Gasteiger partial charge in [-0.15, -0.1) is 10.2 Å². The van der Waals surface area contributed by atoms with Gasteiger partial charge in [-0.3, -0.25) is 10.1 Å². The van der Waals surface area contributed by atoms with Crippen LogP contribution in [0.15, 0.2) is 46.8 Å². The molecular weight excluding hydrogens is 440 g/mol. The molecule has 2 N–H and O–H groups in total. The van der Waals surface area contributed by atoms with Crippen LogP contribution >= 0.6 is 11.3 Å². The molecule has 0 saturated heterocycles. The Morgan fingerprint density at radius 1 is 1.13 bits per heavy atom. The zero-order chi connectivity index (χ0) is 22.4. The molecule has 164 valence electrons. The number of benzene rings is 2. The predicted molar refractivity (Wildman–Crippen MR) is 117 cm³/mol. The van der Waals surface area contributed by atoms with E-state index < -0.39 is 15.9 Å². The van der Waals surface area contributed by atoms with Gasteiger partial charge in [0.05, 0.1) is 13.7 Å². The highest BCUT2D eigenvalue weighted by molar-refractivity contribution is 7.91. The predicted octanol–water partition coefficient (Wildman–Crippen LogP) is 2.98. The second kappa shape index (κ2) is 9.86. The van der Waals surface area contributed by atoms with Crippen molar-refractivity contribution < 1.29 is 22.7 Å². The Morgan fingerprint density at radius 2 is 1.94 bits per heavy atom. The molecule has 0 radical (unpaired) electrons. The van der Waals surface area contributed by atoms with Crippen LogP contribution in [0.3, 0.4) is 0 Å². The minimum absolute atomic E-state index is 0.0248. The zero-order valence-electron chi connectivity index (χ0n) is 17.2. The lowest BCUT2D eigenvalue weighted by Crippen LogP contribution is -2.23. The maximum Gasteiger partial charge on any atom is 0.270 e. The summed E-state index contributed by atoms with van der Waals surface area (Å²) in [5.74, 6) is 0.698. The second-order valence-electron chi connectivity index (χ2n) is 6.44. The molecular formula is C20H22N4O5S2. The van der Waals surface area contributed by atoms with Crippen LogP contribution < -0.4 is 19.5 Å². The fourth-order valence-electron chi connectivity index (χ4n) is 2.66. The number of hydrogen-bond acceptors (Lipinski definition) is 8. The molecule has 0 aliphatic heterocycles. The zero-order valence-corrected chi connectivity index (χ0v) is 18.8. The summed E-state index contributed by atoms with van der Waals surface area (Å²) in [6.07, 6.45) is 0.